The first-order valence-corrected chi connectivity index (χ1v) is 6.77. The first-order chi connectivity index (χ1) is 10.1. The molecule has 0 aliphatic heterocycles. The van der Waals surface area contributed by atoms with E-state index in [0.29, 0.717) is 17.8 Å². The molecule has 0 atom stereocenters. The van der Waals surface area contributed by atoms with Crippen molar-refractivity contribution in [2.45, 2.75) is 20.4 Å². The molecule has 5 heteroatoms. The fraction of sp³-hybridized carbons (Fsp3) is 0.250. The van der Waals surface area contributed by atoms with Gasteiger partial charge in [0.25, 0.3) is 5.91 Å². The summed E-state index contributed by atoms with van der Waals surface area (Å²) in [6.07, 6.45) is 3.42. The first kappa shape index (κ1) is 14.8. The van der Waals surface area contributed by atoms with Crippen molar-refractivity contribution in [1.29, 1.82) is 0 Å². The summed E-state index contributed by atoms with van der Waals surface area (Å²) < 4.78 is 1.75. The number of hydrogen-bond donors (Lipinski definition) is 2. The quantitative estimate of drug-likeness (QED) is 0.843. The standard InChI is InChI=1S/C16H18N4O/c1-3-20-11-15(10-18-20)19-16(21)14-7-6-12(2)13(9-14)5-4-8-17/h6-7,9-11H,3,8,17H2,1-2H3,(H,19,21). The van der Waals surface area contributed by atoms with E-state index in [4.69, 9.17) is 5.73 Å². The second-order valence-corrected chi connectivity index (χ2v) is 4.57. The first-order valence-electron chi connectivity index (χ1n) is 6.77. The Labute approximate surface area is 124 Å². The summed E-state index contributed by atoms with van der Waals surface area (Å²) in [5.74, 6) is 5.60. The Balaban J connectivity index is 2.19. The van der Waals surface area contributed by atoms with E-state index < -0.39 is 0 Å². The van der Waals surface area contributed by atoms with Crippen molar-refractivity contribution in [2.24, 2.45) is 5.73 Å². The van der Waals surface area contributed by atoms with Crippen LogP contribution in [0.5, 0.6) is 0 Å². The van der Waals surface area contributed by atoms with Gasteiger partial charge in [-0.2, -0.15) is 5.10 Å². The minimum Gasteiger partial charge on any atom is -0.320 e. The normalized spacial score (nSPS) is 9.86. The van der Waals surface area contributed by atoms with Crippen LogP contribution in [0.1, 0.15) is 28.4 Å². The van der Waals surface area contributed by atoms with Gasteiger partial charge in [-0.1, -0.05) is 17.9 Å². The van der Waals surface area contributed by atoms with Crippen LogP contribution in [0, 0.1) is 18.8 Å². The van der Waals surface area contributed by atoms with E-state index >= 15 is 0 Å². The van der Waals surface area contributed by atoms with Crippen LogP contribution < -0.4 is 11.1 Å². The van der Waals surface area contributed by atoms with Crippen molar-refractivity contribution < 1.29 is 4.79 Å². The number of amides is 1. The van der Waals surface area contributed by atoms with Crippen LogP contribution in [-0.2, 0) is 6.54 Å². The maximum absolute atomic E-state index is 12.2. The van der Waals surface area contributed by atoms with Crippen LogP contribution in [0.15, 0.2) is 30.6 Å². The molecule has 108 valence electrons. The molecule has 0 radical (unpaired) electrons. The molecule has 0 aliphatic rings. The summed E-state index contributed by atoms with van der Waals surface area (Å²) in [6, 6.07) is 5.44. The molecule has 0 saturated heterocycles. The Morgan fingerprint density at radius 1 is 1.48 bits per heavy atom. The molecule has 1 aromatic carbocycles. The number of rotatable bonds is 3. The van der Waals surface area contributed by atoms with Gasteiger partial charge in [-0.15, -0.1) is 0 Å². The summed E-state index contributed by atoms with van der Waals surface area (Å²) in [5.41, 5.74) is 8.46. The van der Waals surface area contributed by atoms with Gasteiger partial charge in [-0.3, -0.25) is 9.48 Å². The lowest BCUT2D eigenvalue weighted by atomic mass is 10.0. The average molecular weight is 282 g/mol. The monoisotopic (exact) mass is 282 g/mol. The van der Waals surface area contributed by atoms with Gasteiger partial charge in [0.15, 0.2) is 0 Å². The predicted molar refractivity (Wildman–Crippen MR) is 83.0 cm³/mol. The van der Waals surface area contributed by atoms with Gasteiger partial charge < -0.3 is 11.1 Å². The van der Waals surface area contributed by atoms with Gasteiger partial charge in [0.05, 0.1) is 18.4 Å². The van der Waals surface area contributed by atoms with E-state index in [1.807, 2.05) is 19.9 Å². The molecular formula is C16H18N4O. The van der Waals surface area contributed by atoms with Crippen LogP contribution in [0.25, 0.3) is 0 Å². The number of benzene rings is 1. The number of aryl methyl sites for hydroxylation is 2. The zero-order chi connectivity index (χ0) is 15.2. The van der Waals surface area contributed by atoms with Crippen molar-refractivity contribution in [3.05, 3.63) is 47.3 Å². The van der Waals surface area contributed by atoms with Gasteiger partial charge in [0, 0.05) is 23.9 Å². The second kappa shape index (κ2) is 6.73. The Hall–Kier alpha value is -2.58. The van der Waals surface area contributed by atoms with Crippen LogP contribution in [0.4, 0.5) is 5.69 Å². The van der Waals surface area contributed by atoms with Crippen LogP contribution in [0.3, 0.4) is 0 Å². The molecule has 2 rings (SSSR count). The maximum Gasteiger partial charge on any atom is 0.255 e. The van der Waals surface area contributed by atoms with Crippen LogP contribution >= 0.6 is 0 Å². The molecule has 0 aliphatic carbocycles. The smallest absolute Gasteiger partial charge is 0.255 e. The second-order valence-electron chi connectivity index (χ2n) is 4.57. The number of hydrogen-bond acceptors (Lipinski definition) is 3. The molecule has 1 aromatic heterocycles. The molecule has 5 nitrogen and oxygen atoms in total. The molecule has 2 aromatic rings. The highest BCUT2D eigenvalue weighted by Crippen LogP contribution is 2.13. The Morgan fingerprint density at radius 2 is 2.29 bits per heavy atom. The van der Waals surface area contributed by atoms with E-state index in [1.165, 1.54) is 0 Å². The van der Waals surface area contributed by atoms with Gasteiger partial charge in [-0.05, 0) is 31.5 Å². The largest absolute Gasteiger partial charge is 0.320 e. The Kier molecular flexibility index (Phi) is 4.75. The summed E-state index contributed by atoms with van der Waals surface area (Å²) in [6.45, 7) is 5.00. The fourth-order valence-corrected chi connectivity index (χ4v) is 1.85. The summed E-state index contributed by atoms with van der Waals surface area (Å²) in [5, 5.41) is 6.94. The summed E-state index contributed by atoms with van der Waals surface area (Å²) >= 11 is 0. The fourth-order valence-electron chi connectivity index (χ4n) is 1.85. The highest BCUT2D eigenvalue weighted by atomic mass is 16.1. The van der Waals surface area contributed by atoms with E-state index in [2.05, 4.69) is 22.3 Å². The van der Waals surface area contributed by atoms with Crippen molar-refractivity contribution >= 4 is 11.6 Å². The molecule has 0 unspecified atom stereocenters. The van der Waals surface area contributed by atoms with E-state index in [0.717, 1.165) is 17.7 Å². The van der Waals surface area contributed by atoms with Crippen molar-refractivity contribution in [1.82, 2.24) is 9.78 Å². The molecule has 3 N–H and O–H groups in total. The highest BCUT2D eigenvalue weighted by molar-refractivity contribution is 6.04. The minimum atomic E-state index is -0.179. The molecule has 0 fully saturated rings. The molecule has 1 amide bonds. The summed E-state index contributed by atoms with van der Waals surface area (Å²) in [4.78, 5) is 12.2. The van der Waals surface area contributed by atoms with Gasteiger partial charge >= 0.3 is 0 Å². The predicted octanol–water partition coefficient (Wildman–Crippen LogP) is 1.77. The van der Waals surface area contributed by atoms with Gasteiger partial charge in [0.2, 0.25) is 0 Å². The highest BCUT2D eigenvalue weighted by Gasteiger charge is 2.09. The van der Waals surface area contributed by atoms with Crippen molar-refractivity contribution in [3.63, 3.8) is 0 Å². The van der Waals surface area contributed by atoms with Gasteiger partial charge in [-0.25, -0.2) is 0 Å². The van der Waals surface area contributed by atoms with E-state index in [-0.39, 0.29) is 5.91 Å². The topological polar surface area (TPSA) is 72.9 Å². The molecule has 21 heavy (non-hydrogen) atoms. The lowest BCUT2D eigenvalue weighted by Crippen LogP contribution is -2.11. The number of nitrogens with zero attached hydrogens (tertiary/aromatic N) is 2. The zero-order valence-corrected chi connectivity index (χ0v) is 12.2. The third-order valence-electron chi connectivity index (χ3n) is 3.04. The third-order valence-corrected chi connectivity index (χ3v) is 3.04. The Morgan fingerprint density at radius 3 is 2.95 bits per heavy atom. The Bertz CT molecular complexity index is 707. The molecular weight excluding hydrogens is 264 g/mol. The van der Waals surface area contributed by atoms with E-state index in [9.17, 15) is 4.79 Å². The SMILES string of the molecule is CCn1cc(NC(=O)c2ccc(C)c(C#CCN)c2)cn1. The van der Waals surface area contributed by atoms with Gasteiger partial charge in [0.1, 0.15) is 0 Å². The van der Waals surface area contributed by atoms with E-state index in [1.54, 1.807) is 29.2 Å². The average Bonchev–Trinajstić information content (AvgIpc) is 2.94. The van der Waals surface area contributed by atoms with Crippen LogP contribution in [0.2, 0.25) is 0 Å². The maximum atomic E-state index is 12.2. The number of nitrogens with two attached hydrogens (primary N) is 1. The zero-order valence-electron chi connectivity index (χ0n) is 12.2. The third kappa shape index (κ3) is 3.71. The number of carbonyl (C=O) groups excluding carboxylic acids is 1. The lowest BCUT2D eigenvalue weighted by molar-refractivity contribution is 0.102. The van der Waals surface area contributed by atoms with Crippen LogP contribution in [-0.4, -0.2) is 22.2 Å². The summed E-state index contributed by atoms with van der Waals surface area (Å²) in [7, 11) is 0. The molecule has 0 spiro atoms. The number of carbonyl (C=O) groups is 1. The number of nitrogens with one attached hydrogen (secondary N) is 1. The number of anilines is 1. The molecule has 1 heterocycles. The number of aromatic nitrogens is 2. The lowest BCUT2D eigenvalue weighted by Gasteiger charge is -2.05. The van der Waals surface area contributed by atoms with Crippen molar-refractivity contribution in [3.8, 4) is 11.8 Å². The molecule has 0 saturated carbocycles. The molecule has 0 bridgehead atoms. The minimum absolute atomic E-state index is 0.179. The van der Waals surface area contributed by atoms with Crippen molar-refractivity contribution in [2.75, 3.05) is 11.9 Å².